The van der Waals surface area contributed by atoms with Crippen molar-refractivity contribution in [3.63, 3.8) is 0 Å². The Hall–Kier alpha value is -3.31. The van der Waals surface area contributed by atoms with Gasteiger partial charge in [0.15, 0.2) is 0 Å². The van der Waals surface area contributed by atoms with Crippen LogP contribution in [0.3, 0.4) is 0 Å². The SMILES string of the molecule is CN(Cc1ccc(-c2ccc(Cl)cc2)o1)C(=O)CCc1cnn(-c2ccccc2)c1. The van der Waals surface area contributed by atoms with Gasteiger partial charge in [0, 0.05) is 30.3 Å². The van der Waals surface area contributed by atoms with Crippen LogP contribution in [-0.4, -0.2) is 27.6 Å². The van der Waals surface area contributed by atoms with E-state index < -0.39 is 0 Å². The first-order valence-electron chi connectivity index (χ1n) is 9.76. The van der Waals surface area contributed by atoms with Crippen molar-refractivity contribution in [3.8, 4) is 17.0 Å². The Labute approximate surface area is 180 Å². The largest absolute Gasteiger partial charge is 0.459 e. The topological polar surface area (TPSA) is 51.3 Å². The average Bonchev–Trinajstić information content (AvgIpc) is 3.43. The van der Waals surface area contributed by atoms with Gasteiger partial charge in [0.25, 0.3) is 0 Å². The fourth-order valence-corrected chi connectivity index (χ4v) is 3.33. The van der Waals surface area contributed by atoms with Gasteiger partial charge in [-0.25, -0.2) is 4.68 Å². The highest BCUT2D eigenvalue weighted by molar-refractivity contribution is 6.30. The van der Waals surface area contributed by atoms with E-state index >= 15 is 0 Å². The van der Waals surface area contributed by atoms with Gasteiger partial charge in [-0.1, -0.05) is 29.8 Å². The Morgan fingerprint density at radius 3 is 2.60 bits per heavy atom. The zero-order chi connectivity index (χ0) is 20.9. The summed E-state index contributed by atoms with van der Waals surface area (Å²) in [6.45, 7) is 0.426. The number of hydrogen-bond donors (Lipinski definition) is 0. The number of aryl methyl sites for hydroxylation is 1. The Kier molecular flexibility index (Phi) is 6.00. The molecule has 0 radical (unpaired) electrons. The second-order valence-electron chi connectivity index (χ2n) is 7.15. The Balaban J connectivity index is 1.31. The number of hydrogen-bond acceptors (Lipinski definition) is 3. The molecule has 2 aromatic heterocycles. The lowest BCUT2D eigenvalue weighted by Crippen LogP contribution is -2.26. The van der Waals surface area contributed by atoms with Crippen LogP contribution in [0.2, 0.25) is 5.02 Å². The first-order chi connectivity index (χ1) is 14.6. The van der Waals surface area contributed by atoms with Crippen molar-refractivity contribution >= 4 is 17.5 Å². The number of aromatic nitrogens is 2. The molecule has 1 amide bonds. The van der Waals surface area contributed by atoms with Crippen molar-refractivity contribution in [2.75, 3.05) is 7.05 Å². The molecule has 152 valence electrons. The molecule has 2 heterocycles. The highest BCUT2D eigenvalue weighted by Crippen LogP contribution is 2.24. The van der Waals surface area contributed by atoms with Crippen LogP contribution in [0, 0.1) is 0 Å². The molecule has 0 spiro atoms. The van der Waals surface area contributed by atoms with Gasteiger partial charge in [-0.3, -0.25) is 4.79 Å². The second kappa shape index (κ2) is 9.01. The van der Waals surface area contributed by atoms with Crippen LogP contribution >= 0.6 is 11.6 Å². The standard InChI is InChI=1S/C24H22ClN3O2/c1-27(17-22-12-13-23(30-22)19-8-10-20(25)11-9-19)24(29)14-7-18-15-26-28(16-18)21-5-3-2-4-6-21/h2-6,8-13,15-16H,7,14,17H2,1H3. The number of carbonyl (C=O) groups is 1. The van der Waals surface area contributed by atoms with E-state index in [9.17, 15) is 4.79 Å². The smallest absolute Gasteiger partial charge is 0.223 e. The number of amides is 1. The molecule has 4 aromatic rings. The van der Waals surface area contributed by atoms with E-state index in [0.29, 0.717) is 24.4 Å². The second-order valence-corrected chi connectivity index (χ2v) is 7.59. The number of carbonyl (C=O) groups excluding carboxylic acids is 1. The van der Waals surface area contributed by atoms with Crippen LogP contribution in [0.25, 0.3) is 17.0 Å². The molecule has 0 fully saturated rings. The zero-order valence-electron chi connectivity index (χ0n) is 16.7. The van der Waals surface area contributed by atoms with E-state index in [4.69, 9.17) is 16.0 Å². The summed E-state index contributed by atoms with van der Waals surface area (Å²) in [6, 6.07) is 21.2. The summed E-state index contributed by atoms with van der Waals surface area (Å²) < 4.78 is 7.72. The van der Waals surface area contributed by atoms with Gasteiger partial charge in [-0.2, -0.15) is 5.10 Å². The molecule has 0 aliphatic heterocycles. The van der Waals surface area contributed by atoms with Crippen molar-refractivity contribution < 1.29 is 9.21 Å². The summed E-state index contributed by atoms with van der Waals surface area (Å²) in [4.78, 5) is 14.2. The first kappa shape index (κ1) is 20.0. The maximum Gasteiger partial charge on any atom is 0.223 e. The summed E-state index contributed by atoms with van der Waals surface area (Å²) >= 11 is 5.93. The van der Waals surface area contributed by atoms with Crippen LogP contribution in [0.4, 0.5) is 0 Å². The molecule has 0 bridgehead atoms. The number of benzene rings is 2. The predicted molar refractivity (Wildman–Crippen MR) is 118 cm³/mol. The third kappa shape index (κ3) is 4.81. The van der Waals surface area contributed by atoms with Crippen molar-refractivity contribution in [1.82, 2.24) is 14.7 Å². The van der Waals surface area contributed by atoms with Gasteiger partial charge in [0.2, 0.25) is 5.91 Å². The molecular weight excluding hydrogens is 398 g/mol. The summed E-state index contributed by atoms with van der Waals surface area (Å²) in [6.07, 6.45) is 4.84. The number of para-hydroxylation sites is 1. The highest BCUT2D eigenvalue weighted by atomic mass is 35.5. The van der Waals surface area contributed by atoms with Crippen molar-refractivity contribution in [3.05, 3.63) is 95.5 Å². The van der Waals surface area contributed by atoms with Crippen molar-refractivity contribution in [2.24, 2.45) is 0 Å². The van der Waals surface area contributed by atoms with Crippen molar-refractivity contribution in [1.29, 1.82) is 0 Å². The summed E-state index contributed by atoms with van der Waals surface area (Å²) in [7, 11) is 1.79. The fraction of sp³-hybridized carbons (Fsp3) is 0.167. The van der Waals surface area contributed by atoms with Gasteiger partial charge in [-0.15, -0.1) is 0 Å². The summed E-state index contributed by atoms with van der Waals surface area (Å²) in [5.74, 6) is 1.57. The Morgan fingerprint density at radius 2 is 1.83 bits per heavy atom. The van der Waals surface area contributed by atoms with E-state index in [1.54, 1.807) is 11.9 Å². The van der Waals surface area contributed by atoms with Gasteiger partial charge < -0.3 is 9.32 Å². The van der Waals surface area contributed by atoms with Crippen LogP contribution < -0.4 is 0 Å². The van der Waals surface area contributed by atoms with E-state index in [1.807, 2.05) is 83.8 Å². The molecule has 0 unspecified atom stereocenters. The first-order valence-corrected chi connectivity index (χ1v) is 10.1. The van der Waals surface area contributed by atoms with Gasteiger partial charge >= 0.3 is 0 Å². The molecule has 0 saturated carbocycles. The van der Waals surface area contributed by atoms with Gasteiger partial charge in [0.05, 0.1) is 18.4 Å². The van der Waals surface area contributed by atoms with E-state index in [-0.39, 0.29) is 5.91 Å². The van der Waals surface area contributed by atoms with Crippen LogP contribution in [0.15, 0.2) is 83.5 Å². The van der Waals surface area contributed by atoms with E-state index in [1.165, 1.54) is 0 Å². The minimum absolute atomic E-state index is 0.0619. The summed E-state index contributed by atoms with van der Waals surface area (Å²) in [5, 5.41) is 5.07. The number of nitrogens with zero attached hydrogens (tertiary/aromatic N) is 3. The quantitative estimate of drug-likeness (QED) is 0.404. The fourth-order valence-electron chi connectivity index (χ4n) is 3.21. The molecule has 0 N–H and O–H groups in total. The lowest BCUT2D eigenvalue weighted by molar-refractivity contribution is -0.130. The molecule has 30 heavy (non-hydrogen) atoms. The maximum atomic E-state index is 12.6. The number of rotatable bonds is 7. The maximum absolute atomic E-state index is 12.6. The predicted octanol–water partition coefficient (Wildman–Crippen LogP) is 5.38. The molecule has 0 atom stereocenters. The Morgan fingerprint density at radius 1 is 1.07 bits per heavy atom. The Bertz CT molecular complexity index is 1120. The van der Waals surface area contributed by atoms with Crippen LogP contribution in [-0.2, 0) is 17.8 Å². The third-order valence-electron chi connectivity index (χ3n) is 4.89. The van der Waals surface area contributed by atoms with Crippen LogP contribution in [0.1, 0.15) is 17.7 Å². The molecule has 0 aliphatic rings. The van der Waals surface area contributed by atoms with Crippen molar-refractivity contribution in [2.45, 2.75) is 19.4 Å². The van der Waals surface area contributed by atoms with E-state index in [2.05, 4.69) is 5.10 Å². The summed E-state index contributed by atoms with van der Waals surface area (Å²) in [5.41, 5.74) is 2.99. The number of furan rings is 1. The average molecular weight is 420 g/mol. The van der Waals surface area contributed by atoms with E-state index in [0.717, 1.165) is 28.3 Å². The molecule has 5 nitrogen and oxygen atoms in total. The van der Waals surface area contributed by atoms with Gasteiger partial charge in [-0.05, 0) is 60.5 Å². The number of halogens is 1. The van der Waals surface area contributed by atoms with Crippen LogP contribution in [0.5, 0.6) is 0 Å². The molecule has 4 rings (SSSR count). The lowest BCUT2D eigenvalue weighted by atomic mass is 10.2. The molecule has 2 aromatic carbocycles. The normalized spacial score (nSPS) is 10.9. The zero-order valence-corrected chi connectivity index (χ0v) is 17.4. The minimum atomic E-state index is 0.0619. The third-order valence-corrected chi connectivity index (χ3v) is 5.15. The monoisotopic (exact) mass is 419 g/mol. The lowest BCUT2D eigenvalue weighted by Gasteiger charge is -2.15. The molecule has 0 saturated heterocycles. The molecule has 0 aliphatic carbocycles. The van der Waals surface area contributed by atoms with Gasteiger partial charge in [0.1, 0.15) is 11.5 Å². The minimum Gasteiger partial charge on any atom is -0.459 e. The highest BCUT2D eigenvalue weighted by Gasteiger charge is 2.13. The molecular formula is C24H22ClN3O2. The molecule has 6 heteroatoms.